The van der Waals surface area contributed by atoms with E-state index in [4.69, 9.17) is 4.18 Å². The van der Waals surface area contributed by atoms with E-state index in [0.29, 0.717) is 17.1 Å². The maximum atomic E-state index is 11.6. The Morgan fingerprint density at radius 2 is 2.11 bits per heavy atom. The van der Waals surface area contributed by atoms with Crippen LogP contribution in [0.1, 0.15) is 75.0 Å². The molecule has 144 valence electrons. The molecule has 0 aromatic heterocycles. The van der Waals surface area contributed by atoms with Crippen LogP contribution in [0, 0.1) is 17.3 Å². The van der Waals surface area contributed by atoms with Crippen molar-refractivity contribution in [3.05, 3.63) is 40.5 Å². The minimum absolute atomic E-state index is 0.390. The fraction of sp³-hybridized carbons (Fsp3) is 0.591. The summed E-state index contributed by atoms with van der Waals surface area (Å²) in [6.45, 7) is 4.76. The van der Waals surface area contributed by atoms with Crippen molar-refractivity contribution >= 4 is 16.5 Å². The number of benzene rings is 1. The Hall–Kier alpha value is -1.62. The smallest absolute Gasteiger partial charge is 0.365 e. The standard InChI is InChI=1S/C22H27NO3S/c1-3-4-16-6-8-20-18-7-5-14-12-21-15(13-23-27(24,25)26-21)11-19(14)17(18)9-10-22(16,20)2/h4,11-13,17-18,20H,3,5-10H2,1-2H3/b16-4-/t17-,18+,20-,22+/m0/s1. The second kappa shape index (κ2) is 5.94. The molecule has 0 spiro atoms. The second-order valence-corrected chi connectivity index (χ2v) is 10.1. The van der Waals surface area contributed by atoms with E-state index >= 15 is 0 Å². The number of hydrogen-bond acceptors (Lipinski definition) is 3. The lowest BCUT2D eigenvalue weighted by molar-refractivity contribution is 0.0812. The SMILES string of the molecule is CC/C=C1/CC[C@H]2[C@@H]3CCc4cc5c(cc4[C@H]3CC[C@]12C)C=NS(=O)(=O)O5. The van der Waals surface area contributed by atoms with Gasteiger partial charge in [-0.1, -0.05) is 25.5 Å². The van der Waals surface area contributed by atoms with Crippen LogP contribution in [0.3, 0.4) is 0 Å². The number of fused-ring (bicyclic) bond motifs is 6. The summed E-state index contributed by atoms with van der Waals surface area (Å²) < 4.78 is 31.9. The van der Waals surface area contributed by atoms with Crippen LogP contribution >= 0.6 is 0 Å². The van der Waals surface area contributed by atoms with E-state index in [9.17, 15) is 8.42 Å². The van der Waals surface area contributed by atoms with Gasteiger partial charge < -0.3 is 4.18 Å². The Morgan fingerprint density at radius 3 is 2.93 bits per heavy atom. The normalized spacial score (nSPS) is 37.1. The highest BCUT2D eigenvalue weighted by molar-refractivity contribution is 7.86. The zero-order chi connectivity index (χ0) is 18.8. The molecule has 27 heavy (non-hydrogen) atoms. The maximum absolute atomic E-state index is 11.6. The molecule has 0 bridgehead atoms. The molecule has 0 N–H and O–H groups in total. The third kappa shape index (κ3) is 2.61. The molecule has 0 radical (unpaired) electrons. The second-order valence-electron chi connectivity index (χ2n) is 8.88. The summed E-state index contributed by atoms with van der Waals surface area (Å²) in [5, 5.41) is 0. The summed E-state index contributed by atoms with van der Waals surface area (Å²) in [5.41, 5.74) is 5.58. The van der Waals surface area contributed by atoms with Crippen LogP contribution in [0.2, 0.25) is 0 Å². The number of allylic oxidation sites excluding steroid dienone is 2. The molecule has 4 aliphatic rings. The van der Waals surface area contributed by atoms with Crippen LogP contribution in [-0.2, 0) is 16.7 Å². The van der Waals surface area contributed by atoms with Gasteiger partial charge in [-0.3, -0.25) is 0 Å². The number of rotatable bonds is 1. The molecule has 1 aliphatic heterocycles. The van der Waals surface area contributed by atoms with E-state index in [-0.39, 0.29) is 0 Å². The minimum atomic E-state index is -3.81. The summed E-state index contributed by atoms with van der Waals surface area (Å²) in [6.07, 6.45) is 12.4. The van der Waals surface area contributed by atoms with Crippen molar-refractivity contribution in [2.75, 3.05) is 0 Å². The highest BCUT2D eigenvalue weighted by atomic mass is 32.2. The molecule has 4 atom stereocenters. The molecular weight excluding hydrogens is 358 g/mol. The molecule has 0 unspecified atom stereocenters. The lowest BCUT2D eigenvalue weighted by Crippen LogP contribution is -2.40. The molecule has 3 aliphatic carbocycles. The Bertz CT molecular complexity index is 962. The van der Waals surface area contributed by atoms with Gasteiger partial charge in [-0.25, -0.2) is 0 Å². The molecule has 5 rings (SSSR count). The maximum Gasteiger partial charge on any atom is 0.428 e. The summed E-state index contributed by atoms with van der Waals surface area (Å²) in [7, 11) is -3.81. The molecule has 0 amide bonds. The quantitative estimate of drug-likeness (QED) is 0.644. The van der Waals surface area contributed by atoms with E-state index < -0.39 is 10.3 Å². The van der Waals surface area contributed by atoms with Crippen molar-refractivity contribution in [1.29, 1.82) is 0 Å². The molecule has 1 heterocycles. The Morgan fingerprint density at radius 1 is 1.26 bits per heavy atom. The number of aryl methyl sites for hydroxylation is 1. The largest absolute Gasteiger partial charge is 0.428 e. The first kappa shape index (κ1) is 17.5. The van der Waals surface area contributed by atoms with Crippen molar-refractivity contribution in [3.8, 4) is 5.75 Å². The van der Waals surface area contributed by atoms with Gasteiger partial charge >= 0.3 is 10.3 Å². The third-order valence-corrected chi connectivity index (χ3v) is 8.42. The zero-order valence-electron chi connectivity index (χ0n) is 16.1. The first-order valence-electron chi connectivity index (χ1n) is 10.3. The summed E-state index contributed by atoms with van der Waals surface area (Å²) in [6, 6.07) is 4.11. The van der Waals surface area contributed by atoms with E-state index in [1.165, 1.54) is 49.4 Å². The number of nitrogens with zero attached hydrogens (tertiary/aromatic N) is 1. The van der Waals surface area contributed by atoms with E-state index in [0.717, 1.165) is 30.2 Å². The van der Waals surface area contributed by atoms with Gasteiger partial charge in [0.1, 0.15) is 0 Å². The van der Waals surface area contributed by atoms with Crippen LogP contribution in [0.5, 0.6) is 5.75 Å². The summed E-state index contributed by atoms with van der Waals surface area (Å²) in [4.78, 5) is 0. The monoisotopic (exact) mass is 385 g/mol. The van der Waals surface area contributed by atoms with Gasteiger partial charge in [-0.2, -0.15) is 8.42 Å². The Labute approximate surface area is 162 Å². The van der Waals surface area contributed by atoms with Gasteiger partial charge in [0.25, 0.3) is 0 Å². The summed E-state index contributed by atoms with van der Waals surface area (Å²) >= 11 is 0. The van der Waals surface area contributed by atoms with E-state index in [1.54, 1.807) is 5.57 Å². The van der Waals surface area contributed by atoms with Crippen LogP contribution < -0.4 is 4.18 Å². The topological polar surface area (TPSA) is 55.7 Å². The van der Waals surface area contributed by atoms with Crippen molar-refractivity contribution in [2.45, 2.75) is 64.7 Å². The third-order valence-electron chi connectivity index (χ3n) is 7.67. The molecule has 1 aromatic rings. The average molecular weight is 386 g/mol. The number of hydrogen-bond donors (Lipinski definition) is 0. The molecule has 5 heteroatoms. The van der Waals surface area contributed by atoms with Crippen LogP contribution in [0.15, 0.2) is 28.2 Å². The lowest BCUT2D eigenvalue weighted by Gasteiger charge is -2.49. The van der Waals surface area contributed by atoms with Gasteiger partial charge in [0.05, 0.1) is 6.21 Å². The van der Waals surface area contributed by atoms with Crippen molar-refractivity contribution < 1.29 is 12.6 Å². The molecule has 4 nitrogen and oxygen atoms in total. The lowest BCUT2D eigenvalue weighted by atomic mass is 9.55. The minimum Gasteiger partial charge on any atom is -0.365 e. The van der Waals surface area contributed by atoms with Crippen molar-refractivity contribution in [3.63, 3.8) is 0 Å². The van der Waals surface area contributed by atoms with Crippen molar-refractivity contribution in [1.82, 2.24) is 0 Å². The Kier molecular flexibility index (Phi) is 3.84. The molecular formula is C22H27NO3S. The van der Waals surface area contributed by atoms with Gasteiger partial charge in [0, 0.05) is 5.56 Å². The first-order valence-corrected chi connectivity index (χ1v) is 11.6. The van der Waals surface area contributed by atoms with Gasteiger partial charge in [0.2, 0.25) is 0 Å². The molecule has 2 fully saturated rings. The predicted molar refractivity (Wildman–Crippen MR) is 107 cm³/mol. The van der Waals surface area contributed by atoms with Gasteiger partial charge in [-0.05, 0) is 91.4 Å². The molecule has 0 saturated heterocycles. The van der Waals surface area contributed by atoms with E-state index in [2.05, 4.69) is 30.4 Å². The summed E-state index contributed by atoms with van der Waals surface area (Å²) in [5.74, 6) is 2.55. The Balaban J connectivity index is 1.52. The molecule has 2 saturated carbocycles. The van der Waals surface area contributed by atoms with Crippen LogP contribution in [0.25, 0.3) is 0 Å². The van der Waals surface area contributed by atoms with Crippen LogP contribution in [0.4, 0.5) is 0 Å². The van der Waals surface area contributed by atoms with Gasteiger partial charge in [0.15, 0.2) is 5.75 Å². The highest BCUT2D eigenvalue weighted by Gasteiger charge is 2.52. The average Bonchev–Trinajstić information content (AvgIpc) is 2.96. The first-order chi connectivity index (χ1) is 12.9. The molecule has 1 aromatic carbocycles. The zero-order valence-corrected chi connectivity index (χ0v) is 16.9. The fourth-order valence-electron chi connectivity index (χ4n) is 6.48. The highest BCUT2D eigenvalue weighted by Crippen LogP contribution is 2.63. The van der Waals surface area contributed by atoms with Crippen molar-refractivity contribution in [2.24, 2.45) is 21.6 Å². The van der Waals surface area contributed by atoms with Gasteiger partial charge in [-0.15, -0.1) is 4.40 Å². The predicted octanol–water partition coefficient (Wildman–Crippen LogP) is 4.94. The van der Waals surface area contributed by atoms with Crippen LogP contribution in [-0.4, -0.2) is 14.6 Å². The van der Waals surface area contributed by atoms with E-state index in [1.807, 2.05) is 6.07 Å². The fourth-order valence-corrected chi connectivity index (χ4v) is 7.13.